The maximum atomic E-state index is 12.3. The maximum absolute atomic E-state index is 12.3. The molecule has 1 spiro atoms. The van der Waals surface area contributed by atoms with Gasteiger partial charge in [0.05, 0.1) is 18.6 Å². The molecule has 100 valence electrons. The first kappa shape index (κ1) is 13.0. The molecule has 4 aliphatic rings. The van der Waals surface area contributed by atoms with Gasteiger partial charge in [0.2, 0.25) is 0 Å². The minimum atomic E-state index is -0.485. The van der Waals surface area contributed by atoms with Crippen LogP contribution in [0.15, 0.2) is 9.66 Å². The number of carbonyl (C=O) groups excluding carboxylic acids is 1. The van der Waals surface area contributed by atoms with Crippen LogP contribution < -0.4 is 0 Å². The number of ketones is 1. The molecule has 0 radical (unpaired) electrons. The Balaban J connectivity index is 1.65. The van der Waals surface area contributed by atoms with Crippen molar-refractivity contribution in [3.63, 3.8) is 0 Å². The Morgan fingerprint density at radius 3 is 3.00 bits per heavy atom. The number of carbonyl (C=O) groups is 1. The van der Waals surface area contributed by atoms with Gasteiger partial charge in [-0.3, -0.25) is 4.79 Å². The molecule has 0 unspecified atom stereocenters. The zero-order valence-corrected chi connectivity index (χ0v) is 12.3. The first-order chi connectivity index (χ1) is 8.69. The summed E-state index contributed by atoms with van der Waals surface area (Å²) in [6, 6.07) is 0. The van der Waals surface area contributed by atoms with Gasteiger partial charge in [-0.05, 0) is 45.4 Å². The van der Waals surface area contributed by atoms with Gasteiger partial charge in [-0.25, -0.2) is 0 Å². The number of rotatable bonds is 5. The number of epoxide rings is 1. The first-order valence-electron chi connectivity index (χ1n) is 6.47. The fourth-order valence-electron chi connectivity index (χ4n) is 3.04. The van der Waals surface area contributed by atoms with Crippen molar-refractivity contribution in [2.45, 2.75) is 31.0 Å². The van der Waals surface area contributed by atoms with Crippen LogP contribution in [0, 0.1) is 11.8 Å². The molecule has 1 heterocycles. The van der Waals surface area contributed by atoms with E-state index in [-0.39, 0.29) is 30.3 Å². The lowest BCUT2D eigenvalue weighted by molar-refractivity contribution is -0.140. The smallest absolute Gasteiger partial charge is 0.177 e. The predicted octanol–water partition coefficient (Wildman–Crippen LogP) is 1.45. The minimum absolute atomic E-state index is 0.00883. The van der Waals surface area contributed by atoms with Crippen molar-refractivity contribution < 1.29 is 19.4 Å². The second kappa shape index (κ2) is 4.85. The summed E-state index contributed by atoms with van der Waals surface area (Å²) >= 11 is 2.33. The van der Waals surface area contributed by atoms with Crippen molar-refractivity contribution in [3.05, 3.63) is 9.66 Å². The molecule has 18 heavy (non-hydrogen) atoms. The molecule has 1 saturated carbocycles. The average molecular weight is 364 g/mol. The molecule has 0 aromatic rings. The van der Waals surface area contributed by atoms with E-state index < -0.39 is 5.60 Å². The van der Waals surface area contributed by atoms with Gasteiger partial charge in [0.25, 0.3) is 0 Å². The molecule has 1 aliphatic heterocycles. The predicted molar refractivity (Wildman–Crippen MR) is 73.4 cm³/mol. The Bertz CT molecular complexity index is 388. The van der Waals surface area contributed by atoms with E-state index in [0.717, 1.165) is 19.3 Å². The molecular weight excluding hydrogens is 347 g/mol. The highest BCUT2D eigenvalue weighted by Gasteiger charge is 2.66. The minimum Gasteiger partial charge on any atom is -0.396 e. The van der Waals surface area contributed by atoms with Crippen LogP contribution in [0.1, 0.15) is 19.3 Å². The molecule has 1 N–H and O–H groups in total. The SMILES string of the molecule is O=C1[C@H]2C=C(I)[C@H](C[C@@H]2OCCCCO)[C@@]12CO2. The molecule has 3 aliphatic carbocycles. The summed E-state index contributed by atoms with van der Waals surface area (Å²) in [6.45, 7) is 1.42. The van der Waals surface area contributed by atoms with E-state index in [0.29, 0.717) is 13.2 Å². The zero-order chi connectivity index (χ0) is 12.8. The molecule has 4 rings (SSSR count). The van der Waals surface area contributed by atoms with Crippen LogP contribution in [0.25, 0.3) is 0 Å². The van der Waals surface area contributed by atoms with Crippen LogP contribution in [-0.2, 0) is 14.3 Å². The Morgan fingerprint density at radius 1 is 1.56 bits per heavy atom. The molecule has 4 nitrogen and oxygen atoms in total. The standard InChI is InChI=1S/C13H17IO4/c14-10-5-8-11(17-4-2-1-3-15)6-9(10)13(7-18-13)12(8)16/h5,8-9,11,15H,1-4,6-7H2/t8-,9-,11-,13-/m0/s1. The number of hydrogen-bond acceptors (Lipinski definition) is 4. The maximum Gasteiger partial charge on any atom is 0.177 e. The zero-order valence-electron chi connectivity index (χ0n) is 10.1. The highest BCUT2D eigenvalue weighted by Crippen LogP contribution is 2.55. The number of hydrogen-bond donors (Lipinski definition) is 1. The van der Waals surface area contributed by atoms with E-state index in [2.05, 4.69) is 28.7 Å². The lowest BCUT2D eigenvalue weighted by Gasteiger charge is -2.42. The summed E-state index contributed by atoms with van der Waals surface area (Å²) in [7, 11) is 0. The quantitative estimate of drug-likeness (QED) is 0.456. The number of halogens is 1. The summed E-state index contributed by atoms with van der Waals surface area (Å²) < 4.78 is 12.5. The molecule has 0 aromatic heterocycles. The summed E-state index contributed by atoms with van der Waals surface area (Å²) in [5, 5.41) is 8.73. The van der Waals surface area contributed by atoms with E-state index >= 15 is 0 Å². The van der Waals surface area contributed by atoms with E-state index in [1.807, 2.05) is 0 Å². The van der Waals surface area contributed by atoms with Crippen molar-refractivity contribution in [1.82, 2.24) is 0 Å². The molecule has 2 bridgehead atoms. The van der Waals surface area contributed by atoms with Gasteiger partial charge in [0, 0.05) is 19.1 Å². The van der Waals surface area contributed by atoms with E-state index in [1.165, 1.54) is 3.58 Å². The molecule has 0 amide bonds. The van der Waals surface area contributed by atoms with Crippen molar-refractivity contribution >= 4 is 28.4 Å². The number of aliphatic hydroxyl groups excluding tert-OH is 1. The second-order valence-corrected chi connectivity index (χ2v) is 6.49. The first-order valence-corrected chi connectivity index (χ1v) is 7.55. The van der Waals surface area contributed by atoms with Crippen molar-refractivity contribution in [3.8, 4) is 0 Å². The largest absolute Gasteiger partial charge is 0.396 e. The molecule has 0 aromatic carbocycles. The van der Waals surface area contributed by atoms with Crippen molar-refractivity contribution in [1.29, 1.82) is 0 Å². The van der Waals surface area contributed by atoms with Gasteiger partial charge < -0.3 is 14.6 Å². The third-order valence-electron chi connectivity index (χ3n) is 4.16. The Morgan fingerprint density at radius 2 is 2.33 bits per heavy atom. The summed E-state index contributed by atoms with van der Waals surface area (Å²) in [5.41, 5.74) is -0.485. The van der Waals surface area contributed by atoms with E-state index in [1.54, 1.807) is 0 Å². The molecular formula is C13H17IO4. The molecule has 2 fully saturated rings. The summed E-state index contributed by atoms with van der Waals surface area (Å²) in [4.78, 5) is 12.3. The fraction of sp³-hybridized carbons (Fsp3) is 0.769. The van der Waals surface area contributed by atoms with Gasteiger partial charge >= 0.3 is 0 Å². The lowest BCUT2D eigenvalue weighted by Crippen LogP contribution is -2.53. The molecule has 5 heteroatoms. The summed E-state index contributed by atoms with van der Waals surface area (Å²) in [5.74, 6) is 0.295. The van der Waals surface area contributed by atoms with Gasteiger partial charge in [-0.15, -0.1) is 0 Å². The number of ether oxygens (including phenoxy) is 2. The lowest BCUT2D eigenvalue weighted by atomic mass is 9.66. The van der Waals surface area contributed by atoms with Crippen molar-refractivity contribution in [2.24, 2.45) is 11.8 Å². The Hall–Kier alpha value is 0.0200. The Labute approximate surface area is 120 Å². The van der Waals surface area contributed by atoms with Crippen molar-refractivity contribution in [2.75, 3.05) is 19.8 Å². The van der Waals surface area contributed by atoms with Gasteiger partial charge in [-0.2, -0.15) is 0 Å². The number of aliphatic hydroxyl groups is 1. The average Bonchev–Trinajstić information content (AvgIpc) is 3.14. The third kappa shape index (κ3) is 1.95. The van der Waals surface area contributed by atoms with Crippen LogP contribution in [0.5, 0.6) is 0 Å². The van der Waals surface area contributed by atoms with Crippen LogP contribution in [0.2, 0.25) is 0 Å². The number of fused-ring (bicyclic) bond motifs is 1. The molecule has 4 atom stereocenters. The Kier molecular flexibility index (Phi) is 3.51. The highest BCUT2D eigenvalue weighted by molar-refractivity contribution is 14.1. The van der Waals surface area contributed by atoms with E-state index in [9.17, 15) is 4.79 Å². The number of unbranched alkanes of at least 4 members (excludes halogenated alkanes) is 1. The van der Waals surface area contributed by atoms with Crippen LogP contribution in [0.4, 0.5) is 0 Å². The van der Waals surface area contributed by atoms with E-state index in [4.69, 9.17) is 14.6 Å². The fourth-order valence-corrected chi connectivity index (χ4v) is 4.18. The van der Waals surface area contributed by atoms with Crippen LogP contribution >= 0.6 is 22.6 Å². The summed E-state index contributed by atoms with van der Waals surface area (Å²) in [6.07, 6.45) is 4.57. The van der Waals surface area contributed by atoms with Crippen LogP contribution in [0.3, 0.4) is 0 Å². The monoisotopic (exact) mass is 364 g/mol. The third-order valence-corrected chi connectivity index (χ3v) is 5.27. The number of Topliss-reactive ketones (excluding diaryl/α,β-unsaturated/α-hetero) is 1. The van der Waals surface area contributed by atoms with Crippen LogP contribution in [-0.4, -0.2) is 42.4 Å². The highest BCUT2D eigenvalue weighted by atomic mass is 127. The van der Waals surface area contributed by atoms with Gasteiger partial charge in [0.15, 0.2) is 11.4 Å². The normalized spacial score (nSPS) is 41.3. The topological polar surface area (TPSA) is 59.1 Å². The molecule has 1 saturated heterocycles. The second-order valence-electron chi connectivity index (χ2n) is 5.25. The van der Waals surface area contributed by atoms with Gasteiger partial charge in [-0.1, -0.05) is 6.08 Å². The van der Waals surface area contributed by atoms with Gasteiger partial charge in [0.1, 0.15) is 0 Å².